The maximum Gasteiger partial charge on any atom is 0.408 e. The van der Waals surface area contributed by atoms with Crippen molar-refractivity contribution in [2.24, 2.45) is 5.92 Å². The molecule has 2 aromatic carbocycles. The Labute approximate surface area is 329 Å². The van der Waals surface area contributed by atoms with Crippen molar-refractivity contribution in [2.45, 2.75) is 63.9 Å². The van der Waals surface area contributed by atoms with E-state index < -0.39 is 88.7 Å². The van der Waals surface area contributed by atoms with E-state index in [0.717, 1.165) is 21.2 Å². The first-order valence-corrected chi connectivity index (χ1v) is 19.5. The number of carbonyl (C=O) groups excluding carboxylic acids is 4. The summed E-state index contributed by atoms with van der Waals surface area (Å²) in [5.74, 6) is -6.18. The van der Waals surface area contributed by atoms with Gasteiger partial charge in [0.15, 0.2) is 0 Å². The second kappa shape index (κ2) is 20.8. The number of hydrogen-bond donors (Lipinski definition) is 6. The van der Waals surface area contributed by atoms with E-state index in [1.54, 1.807) is 68.4 Å². The van der Waals surface area contributed by atoms with Crippen LogP contribution in [0, 0.1) is 5.92 Å². The number of hydrogen-bond acceptors (Lipinski definition) is 11. The van der Waals surface area contributed by atoms with Gasteiger partial charge >= 0.3 is 18.0 Å². The molecule has 0 bridgehead atoms. The Morgan fingerprint density at radius 2 is 1.46 bits per heavy atom. The third-order valence-electron chi connectivity index (χ3n) is 8.68. The molecular weight excluding hydrogens is 765 g/mol. The Morgan fingerprint density at radius 3 is 2.12 bits per heavy atom. The number of fused-ring (bicyclic) bond motifs is 1. The molecule has 57 heavy (non-hydrogen) atoms. The van der Waals surface area contributed by atoms with E-state index in [-0.39, 0.29) is 39.3 Å². The van der Waals surface area contributed by atoms with Crippen molar-refractivity contribution in [1.29, 1.82) is 0 Å². The summed E-state index contributed by atoms with van der Waals surface area (Å²) in [5, 5.41) is 30.5. The van der Waals surface area contributed by atoms with Crippen LogP contribution in [-0.4, -0.2) is 114 Å². The summed E-state index contributed by atoms with van der Waals surface area (Å²) in [4.78, 5) is 82.0. The van der Waals surface area contributed by atoms with Gasteiger partial charge in [-0.3, -0.25) is 29.0 Å². The molecule has 18 nitrogen and oxygen atoms in total. The summed E-state index contributed by atoms with van der Waals surface area (Å²) < 4.78 is 37.2. The number of rotatable bonds is 19. The van der Waals surface area contributed by atoms with Gasteiger partial charge < -0.3 is 41.0 Å². The van der Waals surface area contributed by atoms with Gasteiger partial charge in [-0.15, -0.1) is 0 Å². The van der Waals surface area contributed by atoms with E-state index in [1.165, 1.54) is 0 Å². The zero-order valence-corrected chi connectivity index (χ0v) is 32.1. The summed E-state index contributed by atoms with van der Waals surface area (Å²) in [5.41, 5.74) is 1.57. The Balaban J connectivity index is 1.55. The lowest BCUT2D eigenvalue weighted by Crippen LogP contribution is -2.59. The monoisotopic (exact) mass is 810 g/mol. The van der Waals surface area contributed by atoms with E-state index in [4.69, 9.17) is 9.47 Å². The number of nitrogens with one attached hydrogen (secondary N) is 4. The lowest BCUT2D eigenvalue weighted by atomic mass is 10.0. The van der Waals surface area contributed by atoms with Gasteiger partial charge in [0.2, 0.25) is 27.7 Å². The number of aliphatic carboxylic acids is 2. The highest BCUT2D eigenvalue weighted by molar-refractivity contribution is 7.92. The maximum absolute atomic E-state index is 14.0. The number of morpholine rings is 1. The van der Waals surface area contributed by atoms with Crippen LogP contribution in [0.2, 0.25) is 0 Å². The number of carboxylic acid groups (broad SMARTS) is 2. The topological polar surface area (TPSA) is 260 Å². The molecule has 3 aromatic rings. The van der Waals surface area contributed by atoms with E-state index in [0.29, 0.717) is 16.8 Å². The summed E-state index contributed by atoms with van der Waals surface area (Å²) in [6.45, 7) is 3.61. The van der Waals surface area contributed by atoms with Gasteiger partial charge in [0, 0.05) is 36.0 Å². The van der Waals surface area contributed by atoms with Crippen molar-refractivity contribution in [3.63, 3.8) is 0 Å². The average molecular weight is 811 g/mol. The molecule has 306 valence electrons. The van der Waals surface area contributed by atoms with E-state index in [9.17, 15) is 47.4 Å². The van der Waals surface area contributed by atoms with Gasteiger partial charge in [-0.1, -0.05) is 68.4 Å². The molecule has 6 N–H and O–H groups in total. The minimum atomic E-state index is -3.97. The Kier molecular flexibility index (Phi) is 16.0. The number of nitrogens with zero attached hydrogens (tertiary/aromatic N) is 2. The molecule has 1 aromatic heterocycles. The number of carboxylic acids is 2. The predicted octanol–water partition coefficient (Wildman–Crippen LogP) is 1.31. The number of alkyl carbamates (subject to hydrolysis) is 1. The number of amides is 4. The highest BCUT2D eigenvalue weighted by atomic mass is 32.2. The van der Waals surface area contributed by atoms with Crippen molar-refractivity contribution in [3.05, 3.63) is 89.5 Å². The second-order valence-electron chi connectivity index (χ2n) is 13.4. The van der Waals surface area contributed by atoms with Crippen molar-refractivity contribution >= 4 is 56.7 Å². The number of carbonyl (C=O) groups is 6. The molecule has 1 aliphatic heterocycles. The smallest absolute Gasteiger partial charge is 0.408 e. The highest BCUT2D eigenvalue weighted by Crippen LogP contribution is 2.15. The molecule has 2 heterocycles. The quantitative estimate of drug-likeness (QED) is 0.1000. The number of aromatic nitrogens is 1. The Morgan fingerprint density at radius 1 is 0.807 bits per heavy atom. The third-order valence-corrected chi connectivity index (χ3v) is 10.3. The first kappa shape index (κ1) is 43.8. The molecule has 1 fully saturated rings. The summed E-state index contributed by atoms with van der Waals surface area (Å²) in [6, 6.07) is 13.4. The van der Waals surface area contributed by atoms with Crippen molar-refractivity contribution in [2.75, 3.05) is 26.3 Å². The highest BCUT2D eigenvalue weighted by Gasteiger charge is 2.33. The first-order valence-electron chi connectivity index (χ1n) is 18.0. The molecule has 0 saturated carbocycles. The fourth-order valence-corrected chi connectivity index (χ4v) is 6.92. The summed E-state index contributed by atoms with van der Waals surface area (Å²) >= 11 is 0. The van der Waals surface area contributed by atoms with Crippen LogP contribution in [0.15, 0.2) is 78.2 Å². The van der Waals surface area contributed by atoms with Crippen molar-refractivity contribution in [1.82, 2.24) is 30.6 Å². The van der Waals surface area contributed by atoms with Gasteiger partial charge in [0.1, 0.15) is 24.7 Å². The molecule has 4 atom stereocenters. The second-order valence-corrected chi connectivity index (χ2v) is 15.3. The lowest BCUT2D eigenvalue weighted by molar-refractivity contribution is -0.140. The van der Waals surface area contributed by atoms with Gasteiger partial charge in [0.05, 0.1) is 37.6 Å². The standard InChI is InChI=1S/C38H46N6O12S/c1-24(2)34(37(51)40-28(21-32(45)46)14-19-57(53,54)44-15-17-55-18-16-44)43-36(50)30(20-27-13-12-26-10-6-7-11-29(26)39-27)41-35(49)31(22-33(47)48)42-38(52)56-23-25-8-4-3-5-9-25/h3-14,19,24,28,30-31,34H,15-18,20-23H2,1-2H3,(H,40,51)(H,41,49)(H,42,52)(H,43,50)(H,45,46)(H,47,48)/b19-14+/t28-,30?,31+,34+/m1/s1. The van der Waals surface area contributed by atoms with Crippen LogP contribution in [0.25, 0.3) is 10.9 Å². The first-order chi connectivity index (χ1) is 27.1. The molecule has 0 aliphatic carbocycles. The maximum atomic E-state index is 14.0. The van der Waals surface area contributed by atoms with Crippen LogP contribution in [0.4, 0.5) is 4.79 Å². The Hall–Kier alpha value is -5.92. The number of benzene rings is 2. The Bertz CT molecular complexity index is 2040. The SMILES string of the molecule is CC(C)[C@H](NC(=O)C(Cc1ccc2ccccc2n1)NC(=O)[C@H](CC(=O)O)NC(=O)OCc1ccccc1)C(=O)N[C@H](/C=C/S(=O)(=O)N1CCOCC1)CC(=O)O. The van der Waals surface area contributed by atoms with E-state index in [2.05, 4.69) is 26.3 Å². The molecule has 0 radical (unpaired) electrons. The fraction of sp³-hybridized carbons (Fsp3) is 0.395. The molecule has 1 aliphatic rings. The molecule has 19 heteroatoms. The number of pyridine rings is 1. The zero-order chi connectivity index (χ0) is 41.5. The van der Waals surface area contributed by atoms with Gasteiger partial charge in [0.25, 0.3) is 0 Å². The van der Waals surface area contributed by atoms with Crippen LogP contribution >= 0.6 is 0 Å². The van der Waals surface area contributed by atoms with Crippen LogP contribution in [0.1, 0.15) is 37.9 Å². The minimum absolute atomic E-state index is 0.0992. The molecule has 4 rings (SSSR count). The molecule has 0 spiro atoms. The summed E-state index contributed by atoms with van der Waals surface area (Å²) in [6.07, 6.45) is -1.83. The molecular formula is C38H46N6O12S. The number of para-hydroxylation sites is 1. The number of ether oxygens (including phenoxy) is 2. The molecule has 1 unspecified atom stereocenters. The predicted molar refractivity (Wildman–Crippen MR) is 205 cm³/mol. The van der Waals surface area contributed by atoms with Gasteiger partial charge in [-0.05, 0) is 29.7 Å². The number of sulfonamides is 1. The zero-order valence-electron chi connectivity index (χ0n) is 31.3. The fourth-order valence-electron chi connectivity index (χ4n) is 5.70. The largest absolute Gasteiger partial charge is 0.481 e. The van der Waals surface area contributed by atoms with Gasteiger partial charge in [-0.2, -0.15) is 4.31 Å². The van der Waals surface area contributed by atoms with Crippen LogP contribution < -0.4 is 21.3 Å². The molecule has 1 saturated heterocycles. The minimum Gasteiger partial charge on any atom is -0.481 e. The third kappa shape index (κ3) is 14.0. The van der Waals surface area contributed by atoms with Crippen molar-refractivity contribution < 1.29 is 56.9 Å². The van der Waals surface area contributed by atoms with E-state index in [1.807, 2.05) is 12.1 Å². The van der Waals surface area contributed by atoms with Gasteiger partial charge in [-0.25, -0.2) is 13.2 Å². The average Bonchev–Trinajstić information content (AvgIpc) is 3.17. The summed E-state index contributed by atoms with van der Waals surface area (Å²) in [7, 11) is -3.97. The van der Waals surface area contributed by atoms with Crippen LogP contribution in [-0.2, 0) is 56.5 Å². The van der Waals surface area contributed by atoms with Crippen LogP contribution in [0.5, 0.6) is 0 Å². The normalized spacial score (nSPS) is 15.6. The van der Waals surface area contributed by atoms with E-state index >= 15 is 0 Å². The lowest BCUT2D eigenvalue weighted by Gasteiger charge is -2.27. The van der Waals surface area contributed by atoms with Crippen molar-refractivity contribution in [3.8, 4) is 0 Å². The molecule has 4 amide bonds. The van der Waals surface area contributed by atoms with Crippen LogP contribution in [0.3, 0.4) is 0 Å².